The molecule has 0 aliphatic rings. The number of amides is 1. The van der Waals surface area contributed by atoms with Crippen molar-refractivity contribution >= 4 is 29.3 Å². The standard InChI is InChI=1S/C15H21NO4S/c1-15(2,3)20-14(19)8-9-21-10-13(18)16-11-6-4-5-7-12(11)17/h4-7,17H,8-10H2,1-3H3,(H,16,18). The molecule has 1 aromatic carbocycles. The smallest absolute Gasteiger partial charge is 0.307 e. The topological polar surface area (TPSA) is 75.6 Å². The highest BCUT2D eigenvalue weighted by Gasteiger charge is 2.16. The van der Waals surface area contributed by atoms with Gasteiger partial charge < -0.3 is 15.2 Å². The Balaban J connectivity index is 2.23. The molecule has 0 saturated carbocycles. The Bertz CT molecular complexity index is 497. The number of phenolic OH excluding ortho intramolecular Hbond substituents is 1. The SMILES string of the molecule is CC(C)(C)OC(=O)CCSCC(=O)Nc1ccccc1O. The number of nitrogens with one attached hydrogen (secondary N) is 1. The molecule has 116 valence electrons. The predicted molar refractivity (Wildman–Crippen MR) is 84.5 cm³/mol. The van der Waals surface area contributed by atoms with Gasteiger partial charge in [0.25, 0.3) is 0 Å². The van der Waals surface area contributed by atoms with E-state index in [1.807, 2.05) is 20.8 Å². The van der Waals surface area contributed by atoms with Crippen LogP contribution >= 0.6 is 11.8 Å². The molecule has 1 amide bonds. The summed E-state index contributed by atoms with van der Waals surface area (Å²) in [6, 6.07) is 6.54. The van der Waals surface area contributed by atoms with E-state index < -0.39 is 5.60 Å². The van der Waals surface area contributed by atoms with E-state index in [1.54, 1.807) is 18.2 Å². The van der Waals surface area contributed by atoms with E-state index in [0.717, 1.165) is 0 Å². The van der Waals surface area contributed by atoms with Crippen LogP contribution in [0.15, 0.2) is 24.3 Å². The normalized spacial score (nSPS) is 11.0. The molecular formula is C15H21NO4S. The van der Waals surface area contributed by atoms with Crippen LogP contribution in [0, 0.1) is 0 Å². The van der Waals surface area contributed by atoms with Gasteiger partial charge in [-0.3, -0.25) is 9.59 Å². The monoisotopic (exact) mass is 311 g/mol. The van der Waals surface area contributed by atoms with Crippen molar-refractivity contribution in [3.05, 3.63) is 24.3 Å². The van der Waals surface area contributed by atoms with Gasteiger partial charge >= 0.3 is 5.97 Å². The van der Waals surface area contributed by atoms with Crippen LogP contribution in [-0.2, 0) is 14.3 Å². The number of aromatic hydroxyl groups is 1. The van der Waals surface area contributed by atoms with Crippen molar-refractivity contribution in [2.45, 2.75) is 32.8 Å². The van der Waals surface area contributed by atoms with Crippen molar-refractivity contribution in [1.29, 1.82) is 0 Å². The van der Waals surface area contributed by atoms with Crippen molar-refractivity contribution in [1.82, 2.24) is 0 Å². The average Bonchev–Trinajstić information content (AvgIpc) is 2.35. The van der Waals surface area contributed by atoms with Crippen LogP contribution in [0.3, 0.4) is 0 Å². The van der Waals surface area contributed by atoms with Crippen LogP contribution in [0.5, 0.6) is 5.75 Å². The molecule has 0 saturated heterocycles. The molecule has 0 atom stereocenters. The summed E-state index contributed by atoms with van der Waals surface area (Å²) >= 11 is 1.35. The number of para-hydroxylation sites is 2. The summed E-state index contributed by atoms with van der Waals surface area (Å²) in [5.41, 5.74) is -0.0977. The third-order valence-corrected chi connectivity index (χ3v) is 3.24. The lowest BCUT2D eigenvalue weighted by atomic mass is 10.2. The quantitative estimate of drug-likeness (QED) is 0.480. The number of carbonyl (C=O) groups excluding carboxylic acids is 2. The lowest BCUT2D eigenvalue weighted by Gasteiger charge is -2.19. The van der Waals surface area contributed by atoms with Crippen LogP contribution in [0.1, 0.15) is 27.2 Å². The summed E-state index contributed by atoms with van der Waals surface area (Å²) in [4.78, 5) is 23.1. The molecular weight excluding hydrogens is 290 g/mol. The molecule has 0 unspecified atom stereocenters. The minimum absolute atomic E-state index is 0.0320. The zero-order chi connectivity index (χ0) is 15.9. The number of thioether (sulfide) groups is 1. The summed E-state index contributed by atoms with van der Waals surface area (Å²) in [6.45, 7) is 5.45. The molecule has 0 aromatic heterocycles. The fourth-order valence-electron chi connectivity index (χ4n) is 1.48. The molecule has 0 fully saturated rings. The number of ether oxygens (including phenoxy) is 1. The van der Waals surface area contributed by atoms with E-state index in [1.165, 1.54) is 17.8 Å². The van der Waals surface area contributed by atoms with Crippen LogP contribution < -0.4 is 5.32 Å². The Labute approximate surface area is 129 Å². The molecule has 0 aliphatic heterocycles. The molecule has 21 heavy (non-hydrogen) atoms. The number of hydrogen-bond acceptors (Lipinski definition) is 5. The summed E-state index contributed by atoms with van der Waals surface area (Å²) in [7, 11) is 0. The predicted octanol–water partition coefficient (Wildman–Crippen LogP) is 2.80. The Kier molecular flexibility index (Phi) is 6.55. The molecule has 0 bridgehead atoms. The Morgan fingerprint density at radius 3 is 2.57 bits per heavy atom. The molecule has 0 radical (unpaired) electrons. The lowest BCUT2D eigenvalue weighted by Crippen LogP contribution is -2.24. The van der Waals surface area contributed by atoms with E-state index in [4.69, 9.17) is 4.74 Å². The molecule has 6 heteroatoms. The summed E-state index contributed by atoms with van der Waals surface area (Å²) in [6.07, 6.45) is 0.270. The number of carbonyl (C=O) groups is 2. The highest BCUT2D eigenvalue weighted by Crippen LogP contribution is 2.21. The molecule has 0 aliphatic carbocycles. The second-order valence-electron chi connectivity index (χ2n) is 5.45. The maximum atomic E-state index is 11.7. The molecule has 1 aromatic rings. The fraction of sp³-hybridized carbons (Fsp3) is 0.467. The highest BCUT2D eigenvalue weighted by atomic mass is 32.2. The van der Waals surface area contributed by atoms with Gasteiger partial charge in [-0.05, 0) is 32.9 Å². The Morgan fingerprint density at radius 1 is 1.29 bits per heavy atom. The first kappa shape index (κ1) is 17.4. The lowest BCUT2D eigenvalue weighted by molar-refractivity contribution is -0.154. The summed E-state index contributed by atoms with van der Waals surface area (Å²) in [5.74, 6) is 0.284. The maximum Gasteiger partial charge on any atom is 0.307 e. The highest BCUT2D eigenvalue weighted by molar-refractivity contribution is 7.99. The molecule has 0 spiro atoms. The number of esters is 1. The first-order chi connectivity index (χ1) is 9.78. The number of hydrogen-bond donors (Lipinski definition) is 2. The third-order valence-electron chi connectivity index (χ3n) is 2.28. The van der Waals surface area contributed by atoms with Crippen LogP contribution in [0.25, 0.3) is 0 Å². The van der Waals surface area contributed by atoms with Crippen molar-refractivity contribution in [2.24, 2.45) is 0 Å². The zero-order valence-electron chi connectivity index (χ0n) is 12.5. The van der Waals surface area contributed by atoms with Crippen molar-refractivity contribution in [2.75, 3.05) is 16.8 Å². The number of rotatable bonds is 6. The van der Waals surface area contributed by atoms with Gasteiger partial charge in [0, 0.05) is 5.75 Å². The minimum atomic E-state index is -0.482. The van der Waals surface area contributed by atoms with Gasteiger partial charge in [-0.2, -0.15) is 11.8 Å². The van der Waals surface area contributed by atoms with Crippen molar-refractivity contribution in [3.63, 3.8) is 0 Å². The average molecular weight is 311 g/mol. The first-order valence-corrected chi connectivity index (χ1v) is 7.81. The van der Waals surface area contributed by atoms with Gasteiger partial charge in [-0.1, -0.05) is 12.1 Å². The largest absolute Gasteiger partial charge is 0.506 e. The van der Waals surface area contributed by atoms with Crippen LogP contribution in [0.4, 0.5) is 5.69 Å². The Hall–Kier alpha value is -1.69. The minimum Gasteiger partial charge on any atom is -0.506 e. The molecule has 2 N–H and O–H groups in total. The van der Waals surface area contributed by atoms with Crippen molar-refractivity contribution < 1.29 is 19.4 Å². The number of phenols is 1. The summed E-state index contributed by atoms with van der Waals surface area (Å²) < 4.78 is 5.17. The molecule has 1 rings (SSSR count). The first-order valence-electron chi connectivity index (χ1n) is 6.65. The molecule has 5 nitrogen and oxygen atoms in total. The zero-order valence-corrected chi connectivity index (χ0v) is 13.3. The number of anilines is 1. The van der Waals surface area contributed by atoms with E-state index in [2.05, 4.69) is 5.32 Å². The van der Waals surface area contributed by atoms with Crippen molar-refractivity contribution in [3.8, 4) is 5.75 Å². The van der Waals surface area contributed by atoms with Crippen LogP contribution in [0.2, 0.25) is 0 Å². The summed E-state index contributed by atoms with van der Waals surface area (Å²) in [5, 5.41) is 12.1. The van der Waals surface area contributed by atoms with Gasteiger partial charge in [0.1, 0.15) is 11.4 Å². The van der Waals surface area contributed by atoms with Gasteiger partial charge in [0.2, 0.25) is 5.91 Å². The second kappa shape index (κ2) is 7.93. The third kappa shape index (κ3) is 7.60. The van der Waals surface area contributed by atoms with Gasteiger partial charge in [0.15, 0.2) is 0 Å². The maximum absolute atomic E-state index is 11.7. The van der Waals surface area contributed by atoms with Gasteiger partial charge in [0.05, 0.1) is 17.9 Å². The van der Waals surface area contributed by atoms with E-state index in [-0.39, 0.29) is 29.8 Å². The van der Waals surface area contributed by atoms with E-state index >= 15 is 0 Å². The Morgan fingerprint density at radius 2 is 1.95 bits per heavy atom. The second-order valence-corrected chi connectivity index (χ2v) is 6.56. The van der Waals surface area contributed by atoms with E-state index in [0.29, 0.717) is 11.4 Å². The van der Waals surface area contributed by atoms with Crippen LogP contribution in [-0.4, -0.2) is 34.1 Å². The van der Waals surface area contributed by atoms with Gasteiger partial charge in [-0.25, -0.2) is 0 Å². The van der Waals surface area contributed by atoms with E-state index in [9.17, 15) is 14.7 Å². The molecule has 0 heterocycles. The fourth-order valence-corrected chi connectivity index (χ4v) is 2.19. The van der Waals surface area contributed by atoms with Gasteiger partial charge in [-0.15, -0.1) is 0 Å². The number of benzene rings is 1.